The van der Waals surface area contributed by atoms with Gasteiger partial charge in [0.2, 0.25) is 5.91 Å². The summed E-state index contributed by atoms with van der Waals surface area (Å²) in [6.07, 6.45) is 0. The third-order valence-electron chi connectivity index (χ3n) is 4.72. The first-order chi connectivity index (χ1) is 13.7. The summed E-state index contributed by atoms with van der Waals surface area (Å²) in [7, 11) is 0. The van der Waals surface area contributed by atoms with E-state index in [4.69, 9.17) is 10.00 Å². The van der Waals surface area contributed by atoms with Crippen molar-refractivity contribution in [3.05, 3.63) is 53.6 Å². The first kappa shape index (κ1) is 20.4. The second-order valence-electron chi connectivity index (χ2n) is 8.31. The molecule has 0 radical (unpaired) electrons. The number of nitriles is 1. The fraction of sp³-hybridized carbons (Fsp3) is 0.348. The van der Waals surface area contributed by atoms with Gasteiger partial charge in [-0.1, -0.05) is 19.9 Å². The number of nitrogens with one attached hydrogen (secondary N) is 1. The van der Waals surface area contributed by atoms with Crippen LogP contribution in [0, 0.1) is 22.7 Å². The molecule has 6 heteroatoms. The zero-order valence-corrected chi connectivity index (χ0v) is 17.2. The maximum Gasteiger partial charge on any atom is 0.255 e. The normalized spacial score (nSPS) is 15.2. The standard InChI is InChI=1S/C23H25N3O3/c1-15(2)13-26-19-11-18(8-9-20(19)29-14-23(3,4)22(26)28)25-21(27)17-7-5-6-16(10-17)12-24/h5-11,15H,13-14H2,1-4H3,(H,25,27). The Hall–Kier alpha value is -3.33. The van der Waals surface area contributed by atoms with E-state index < -0.39 is 5.41 Å². The maximum atomic E-state index is 13.1. The second-order valence-corrected chi connectivity index (χ2v) is 8.31. The van der Waals surface area contributed by atoms with Crippen LogP contribution in [0.5, 0.6) is 5.75 Å². The summed E-state index contributed by atoms with van der Waals surface area (Å²) in [4.78, 5) is 27.5. The number of hydrogen-bond acceptors (Lipinski definition) is 4. The van der Waals surface area contributed by atoms with Gasteiger partial charge in [-0.15, -0.1) is 0 Å². The number of nitrogens with zero attached hydrogens (tertiary/aromatic N) is 2. The van der Waals surface area contributed by atoms with E-state index in [-0.39, 0.29) is 17.7 Å². The molecule has 0 aromatic heterocycles. The first-order valence-electron chi connectivity index (χ1n) is 9.61. The molecule has 0 fully saturated rings. The fourth-order valence-corrected chi connectivity index (χ4v) is 3.20. The van der Waals surface area contributed by atoms with E-state index in [0.29, 0.717) is 41.4 Å². The SMILES string of the molecule is CC(C)CN1C(=O)C(C)(C)COc2ccc(NC(=O)c3cccc(C#N)c3)cc21. The Morgan fingerprint density at radius 3 is 2.72 bits per heavy atom. The lowest BCUT2D eigenvalue weighted by Gasteiger charge is -2.29. The summed E-state index contributed by atoms with van der Waals surface area (Å²) >= 11 is 0. The highest BCUT2D eigenvalue weighted by molar-refractivity contribution is 6.05. The molecule has 150 valence electrons. The molecular weight excluding hydrogens is 366 g/mol. The number of benzene rings is 2. The van der Waals surface area contributed by atoms with Crippen LogP contribution in [0.1, 0.15) is 43.6 Å². The molecule has 29 heavy (non-hydrogen) atoms. The Balaban J connectivity index is 1.93. The lowest BCUT2D eigenvalue weighted by molar-refractivity contribution is -0.127. The molecule has 0 saturated heterocycles. The van der Waals surface area contributed by atoms with Crippen LogP contribution >= 0.6 is 0 Å². The minimum absolute atomic E-state index is 0.00449. The van der Waals surface area contributed by atoms with E-state index in [0.717, 1.165) is 0 Å². The summed E-state index contributed by atoms with van der Waals surface area (Å²) in [6, 6.07) is 13.8. The van der Waals surface area contributed by atoms with E-state index in [1.165, 1.54) is 0 Å². The zero-order chi connectivity index (χ0) is 21.2. The Labute approximate surface area is 171 Å². The number of ether oxygens (including phenoxy) is 1. The average molecular weight is 391 g/mol. The summed E-state index contributed by atoms with van der Waals surface area (Å²) < 4.78 is 5.91. The zero-order valence-electron chi connectivity index (χ0n) is 17.2. The van der Waals surface area contributed by atoms with Crippen molar-refractivity contribution in [2.24, 2.45) is 11.3 Å². The Kier molecular flexibility index (Phi) is 5.60. The van der Waals surface area contributed by atoms with Gasteiger partial charge in [-0.25, -0.2) is 0 Å². The molecule has 0 aliphatic carbocycles. The third-order valence-corrected chi connectivity index (χ3v) is 4.72. The van der Waals surface area contributed by atoms with E-state index >= 15 is 0 Å². The first-order valence-corrected chi connectivity index (χ1v) is 9.61. The molecule has 1 aliphatic rings. The van der Waals surface area contributed by atoms with Gasteiger partial charge in [0.25, 0.3) is 5.91 Å². The molecule has 1 heterocycles. The van der Waals surface area contributed by atoms with Crippen LogP contribution in [0.4, 0.5) is 11.4 Å². The highest BCUT2D eigenvalue weighted by Crippen LogP contribution is 2.38. The number of carbonyl (C=O) groups is 2. The Bertz CT molecular complexity index is 989. The summed E-state index contributed by atoms with van der Waals surface area (Å²) in [5, 5.41) is 11.9. The lowest BCUT2D eigenvalue weighted by Crippen LogP contribution is -2.43. The van der Waals surface area contributed by atoms with Crippen LogP contribution in [0.15, 0.2) is 42.5 Å². The Morgan fingerprint density at radius 1 is 1.28 bits per heavy atom. The molecule has 1 N–H and O–H groups in total. The van der Waals surface area contributed by atoms with Gasteiger partial charge >= 0.3 is 0 Å². The van der Waals surface area contributed by atoms with Crippen LogP contribution in [0.2, 0.25) is 0 Å². The van der Waals surface area contributed by atoms with Gasteiger partial charge in [0.1, 0.15) is 12.4 Å². The number of anilines is 2. The van der Waals surface area contributed by atoms with Crippen molar-refractivity contribution in [1.82, 2.24) is 0 Å². The third kappa shape index (κ3) is 4.40. The van der Waals surface area contributed by atoms with Gasteiger partial charge in [-0.3, -0.25) is 9.59 Å². The molecule has 1 aliphatic heterocycles. The number of amides is 2. The van der Waals surface area contributed by atoms with Gasteiger partial charge in [0.15, 0.2) is 0 Å². The molecule has 2 aromatic rings. The van der Waals surface area contributed by atoms with Crippen molar-refractivity contribution >= 4 is 23.2 Å². The number of rotatable bonds is 4. The van der Waals surface area contributed by atoms with Crippen LogP contribution in [0.3, 0.4) is 0 Å². The molecular formula is C23H25N3O3. The van der Waals surface area contributed by atoms with E-state index in [1.807, 2.05) is 19.9 Å². The van der Waals surface area contributed by atoms with Crippen LogP contribution in [-0.4, -0.2) is 25.0 Å². The van der Waals surface area contributed by atoms with Gasteiger partial charge in [0, 0.05) is 17.8 Å². The van der Waals surface area contributed by atoms with Gasteiger partial charge in [-0.2, -0.15) is 5.26 Å². The van der Waals surface area contributed by atoms with Crippen molar-refractivity contribution in [3.8, 4) is 11.8 Å². The van der Waals surface area contributed by atoms with Gasteiger partial charge < -0.3 is 15.0 Å². The topological polar surface area (TPSA) is 82.4 Å². The number of hydrogen-bond donors (Lipinski definition) is 1. The van der Waals surface area contributed by atoms with Crippen molar-refractivity contribution < 1.29 is 14.3 Å². The average Bonchev–Trinajstić information content (AvgIpc) is 2.78. The van der Waals surface area contributed by atoms with E-state index in [2.05, 4.69) is 19.2 Å². The minimum Gasteiger partial charge on any atom is -0.490 e. The smallest absolute Gasteiger partial charge is 0.255 e. The molecule has 3 rings (SSSR count). The molecule has 0 unspecified atom stereocenters. The van der Waals surface area contributed by atoms with Crippen molar-refractivity contribution in [2.45, 2.75) is 27.7 Å². The van der Waals surface area contributed by atoms with Crippen LogP contribution in [-0.2, 0) is 4.79 Å². The largest absolute Gasteiger partial charge is 0.490 e. The predicted molar refractivity (Wildman–Crippen MR) is 112 cm³/mol. The molecule has 0 saturated carbocycles. The van der Waals surface area contributed by atoms with Gasteiger partial charge in [0.05, 0.1) is 22.7 Å². The van der Waals surface area contributed by atoms with Crippen molar-refractivity contribution in [3.63, 3.8) is 0 Å². The molecule has 2 amide bonds. The highest BCUT2D eigenvalue weighted by atomic mass is 16.5. The van der Waals surface area contributed by atoms with E-state index in [9.17, 15) is 9.59 Å². The molecule has 6 nitrogen and oxygen atoms in total. The Morgan fingerprint density at radius 2 is 2.03 bits per heavy atom. The minimum atomic E-state index is -0.644. The lowest BCUT2D eigenvalue weighted by atomic mass is 9.92. The molecule has 0 spiro atoms. The quantitative estimate of drug-likeness (QED) is 0.846. The van der Waals surface area contributed by atoms with E-state index in [1.54, 1.807) is 47.4 Å². The fourth-order valence-electron chi connectivity index (χ4n) is 3.20. The van der Waals surface area contributed by atoms with Crippen LogP contribution in [0.25, 0.3) is 0 Å². The molecule has 2 aromatic carbocycles. The summed E-state index contributed by atoms with van der Waals surface area (Å²) in [6.45, 7) is 8.71. The second kappa shape index (κ2) is 7.96. The summed E-state index contributed by atoms with van der Waals surface area (Å²) in [5.41, 5.74) is 1.38. The summed E-state index contributed by atoms with van der Waals surface area (Å²) in [5.74, 6) is 0.565. The predicted octanol–water partition coefficient (Wildman–Crippen LogP) is 4.22. The highest BCUT2D eigenvalue weighted by Gasteiger charge is 2.38. The number of carbonyl (C=O) groups excluding carboxylic acids is 2. The number of fused-ring (bicyclic) bond motifs is 1. The molecule has 0 atom stereocenters. The van der Waals surface area contributed by atoms with Crippen molar-refractivity contribution in [1.29, 1.82) is 5.26 Å². The molecule has 0 bridgehead atoms. The van der Waals surface area contributed by atoms with Crippen molar-refractivity contribution in [2.75, 3.05) is 23.4 Å². The van der Waals surface area contributed by atoms with Gasteiger partial charge in [-0.05, 0) is 56.2 Å². The van der Waals surface area contributed by atoms with Crippen LogP contribution < -0.4 is 15.0 Å². The monoisotopic (exact) mass is 391 g/mol. The maximum absolute atomic E-state index is 13.1.